The third kappa shape index (κ3) is 3.95. The first kappa shape index (κ1) is 18.4. The standard InChI is InChI=1S/C17H22N4O2.ClH/c1-11-8-16(23-20-11)19-17(22)12(2)21-9-14(15(18)10-21)13-6-4-3-5-7-13;/h3-8,12,14-15H,9-10,18H2,1-2H3,(H,19,22);1H/t12?,14-,15+;/m0./s1. The Bertz CT molecular complexity index is 676. The van der Waals surface area contributed by atoms with E-state index in [9.17, 15) is 4.79 Å². The number of amides is 1. The lowest BCUT2D eigenvalue weighted by Gasteiger charge is -2.22. The maximum absolute atomic E-state index is 12.4. The smallest absolute Gasteiger partial charge is 0.243 e. The van der Waals surface area contributed by atoms with Gasteiger partial charge >= 0.3 is 0 Å². The number of rotatable bonds is 4. The van der Waals surface area contributed by atoms with Crippen molar-refractivity contribution >= 4 is 24.2 Å². The van der Waals surface area contributed by atoms with E-state index in [0.29, 0.717) is 12.4 Å². The first-order valence-electron chi connectivity index (χ1n) is 7.83. The molecule has 6 nitrogen and oxygen atoms in total. The van der Waals surface area contributed by atoms with Crippen molar-refractivity contribution in [2.75, 3.05) is 18.4 Å². The van der Waals surface area contributed by atoms with Crippen LogP contribution in [0, 0.1) is 6.92 Å². The zero-order valence-corrected chi connectivity index (χ0v) is 14.6. The molecule has 2 heterocycles. The number of nitrogens with two attached hydrogens (primary N) is 1. The summed E-state index contributed by atoms with van der Waals surface area (Å²) in [6, 6.07) is 11.7. The first-order valence-corrected chi connectivity index (χ1v) is 7.83. The van der Waals surface area contributed by atoms with E-state index in [1.807, 2.05) is 32.0 Å². The Morgan fingerprint density at radius 2 is 2.08 bits per heavy atom. The molecule has 2 aromatic rings. The van der Waals surface area contributed by atoms with E-state index in [0.717, 1.165) is 12.2 Å². The van der Waals surface area contributed by atoms with Crippen LogP contribution in [0.3, 0.4) is 0 Å². The molecular weight excluding hydrogens is 328 g/mol. The predicted octanol–water partition coefficient (Wildman–Crippen LogP) is 2.16. The predicted molar refractivity (Wildman–Crippen MR) is 95.3 cm³/mol. The van der Waals surface area contributed by atoms with Crippen molar-refractivity contribution in [3.8, 4) is 0 Å². The van der Waals surface area contributed by atoms with Crippen molar-refractivity contribution in [3.05, 3.63) is 47.7 Å². The molecule has 0 bridgehead atoms. The summed E-state index contributed by atoms with van der Waals surface area (Å²) in [5.74, 6) is 0.517. The van der Waals surface area contributed by atoms with Gasteiger partial charge in [0.2, 0.25) is 11.8 Å². The number of halogens is 1. The lowest BCUT2D eigenvalue weighted by atomic mass is 9.95. The molecule has 1 aromatic carbocycles. The molecule has 0 spiro atoms. The molecule has 1 aromatic heterocycles. The Balaban J connectivity index is 0.00000208. The summed E-state index contributed by atoms with van der Waals surface area (Å²) in [6.45, 7) is 5.17. The molecule has 1 unspecified atom stereocenters. The van der Waals surface area contributed by atoms with Crippen molar-refractivity contribution in [2.24, 2.45) is 5.73 Å². The zero-order valence-electron chi connectivity index (χ0n) is 13.8. The van der Waals surface area contributed by atoms with Crippen LogP contribution in [-0.2, 0) is 4.79 Å². The number of aromatic nitrogens is 1. The van der Waals surface area contributed by atoms with Crippen LogP contribution in [0.5, 0.6) is 0 Å². The Morgan fingerprint density at radius 1 is 1.38 bits per heavy atom. The molecular formula is C17H23ClN4O2. The monoisotopic (exact) mass is 350 g/mol. The summed E-state index contributed by atoms with van der Waals surface area (Å²) in [6.07, 6.45) is 0. The molecule has 3 N–H and O–H groups in total. The minimum atomic E-state index is -0.278. The number of likely N-dealkylation sites (tertiary alicyclic amines) is 1. The Kier molecular flexibility index (Phi) is 5.99. The van der Waals surface area contributed by atoms with Gasteiger partial charge in [0.25, 0.3) is 0 Å². The number of anilines is 1. The van der Waals surface area contributed by atoms with Gasteiger partial charge in [-0.3, -0.25) is 15.0 Å². The highest BCUT2D eigenvalue weighted by Crippen LogP contribution is 2.27. The quantitative estimate of drug-likeness (QED) is 0.882. The van der Waals surface area contributed by atoms with Crippen LogP contribution >= 0.6 is 12.4 Å². The van der Waals surface area contributed by atoms with Crippen molar-refractivity contribution in [1.82, 2.24) is 10.1 Å². The fourth-order valence-electron chi connectivity index (χ4n) is 3.04. The molecule has 3 rings (SSSR count). The van der Waals surface area contributed by atoms with E-state index in [1.54, 1.807) is 6.07 Å². The van der Waals surface area contributed by atoms with Crippen LogP contribution in [0.15, 0.2) is 40.9 Å². The average molecular weight is 351 g/mol. The van der Waals surface area contributed by atoms with Gasteiger partial charge in [0.15, 0.2) is 0 Å². The number of nitrogens with one attached hydrogen (secondary N) is 1. The highest BCUT2D eigenvalue weighted by atomic mass is 35.5. The molecule has 1 aliphatic rings. The molecule has 7 heteroatoms. The van der Waals surface area contributed by atoms with Crippen LogP contribution in [-0.4, -0.2) is 41.1 Å². The molecule has 0 radical (unpaired) electrons. The fourth-order valence-corrected chi connectivity index (χ4v) is 3.04. The van der Waals surface area contributed by atoms with Crippen LogP contribution < -0.4 is 11.1 Å². The van der Waals surface area contributed by atoms with Gasteiger partial charge in [-0.05, 0) is 19.4 Å². The highest BCUT2D eigenvalue weighted by Gasteiger charge is 2.35. The van der Waals surface area contributed by atoms with Gasteiger partial charge in [0.1, 0.15) is 0 Å². The maximum atomic E-state index is 12.4. The lowest BCUT2D eigenvalue weighted by Crippen LogP contribution is -2.41. The van der Waals surface area contributed by atoms with E-state index in [4.69, 9.17) is 10.3 Å². The second kappa shape index (κ2) is 7.79. The number of carbonyl (C=O) groups excluding carboxylic acids is 1. The summed E-state index contributed by atoms with van der Waals surface area (Å²) < 4.78 is 5.03. The Labute approximate surface area is 147 Å². The van der Waals surface area contributed by atoms with Crippen molar-refractivity contribution in [2.45, 2.75) is 31.8 Å². The summed E-state index contributed by atoms with van der Waals surface area (Å²) in [5, 5.41) is 6.53. The molecule has 1 amide bonds. The van der Waals surface area contributed by atoms with Gasteiger partial charge in [-0.1, -0.05) is 35.5 Å². The summed E-state index contributed by atoms with van der Waals surface area (Å²) in [7, 11) is 0. The van der Waals surface area contributed by atoms with E-state index >= 15 is 0 Å². The second-order valence-corrected chi connectivity index (χ2v) is 6.13. The molecule has 1 saturated heterocycles. The van der Waals surface area contributed by atoms with Crippen molar-refractivity contribution in [3.63, 3.8) is 0 Å². The van der Waals surface area contributed by atoms with E-state index < -0.39 is 0 Å². The van der Waals surface area contributed by atoms with Crippen LogP contribution in [0.4, 0.5) is 5.88 Å². The number of benzene rings is 1. The topological polar surface area (TPSA) is 84.4 Å². The third-order valence-corrected chi connectivity index (χ3v) is 4.42. The van der Waals surface area contributed by atoms with Crippen molar-refractivity contribution < 1.29 is 9.32 Å². The number of hydrogen-bond acceptors (Lipinski definition) is 5. The molecule has 0 saturated carbocycles. The van der Waals surface area contributed by atoms with Crippen LogP contribution in [0.2, 0.25) is 0 Å². The summed E-state index contributed by atoms with van der Waals surface area (Å²) >= 11 is 0. The Morgan fingerprint density at radius 3 is 2.71 bits per heavy atom. The molecule has 3 atom stereocenters. The normalized spacial score (nSPS) is 22.0. The number of aryl methyl sites for hydroxylation is 1. The number of nitrogens with zero attached hydrogens (tertiary/aromatic N) is 2. The van der Waals surface area contributed by atoms with Gasteiger partial charge in [-0.15, -0.1) is 12.4 Å². The molecule has 1 aliphatic heterocycles. The maximum Gasteiger partial charge on any atom is 0.243 e. The highest BCUT2D eigenvalue weighted by molar-refractivity contribution is 5.93. The SMILES string of the molecule is Cc1cc(NC(=O)C(C)N2C[C@@H](N)[C@H](c3ccccc3)C2)on1.Cl. The molecule has 0 aliphatic carbocycles. The molecule has 24 heavy (non-hydrogen) atoms. The summed E-state index contributed by atoms with van der Waals surface area (Å²) in [4.78, 5) is 14.5. The van der Waals surface area contributed by atoms with E-state index in [-0.39, 0.29) is 36.3 Å². The fraction of sp³-hybridized carbons (Fsp3) is 0.412. The lowest BCUT2D eigenvalue weighted by molar-refractivity contribution is -0.120. The van der Waals surface area contributed by atoms with Crippen molar-refractivity contribution in [1.29, 1.82) is 0 Å². The number of carbonyl (C=O) groups is 1. The minimum Gasteiger partial charge on any atom is -0.338 e. The van der Waals surface area contributed by atoms with Gasteiger partial charge in [0, 0.05) is 31.1 Å². The molecule has 130 valence electrons. The van der Waals surface area contributed by atoms with Gasteiger partial charge in [-0.25, -0.2) is 0 Å². The Hall–Kier alpha value is -1.89. The first-order chi connectivity index (χ1) is 11.0. The largest absolute Gasteiger partial charge is 0.338 e. The second-order valence-electron chi connectivity index (χ2n) is 6.13. The molecule has 1 fully saturated rings. The number of hydrogen-bond donors (Lipinski definition) is 2. The summed E-state index contributed by atoms with van der Waals surface area (Å²) in [5.41, 5.74) is 8.25. The van der Waals surface area contributed by atoms with E-state index in [1.165, 1.54) is 5.56 Å². The zero-order chi connectivity index (χ0) is 16.4. The van der Waals surface area contributed by atoms with Crippen LogP contribution in [0.25, 0.3) is 0 Å². The minimum absolute atomic E-state index is 0. The van der Waals surface area contributed by atoms with E-state index in [2.05, 4.69) is 27.5 Å². The van der Waals surface area contributed by atoms with Gasteiger partial charge < -0.3 is 10.3 Å². The van der Waals surface area contributed by atoms with Gasteiger partial charge in [-0.2, -0.15) is 0 Å². The van der Waals surface area contributed by atoms with Crippen LogP contribution in [0.1, 0.15) is 24.1 Å². The average Bonchev–Trinajstić information content (AvgIpc) is 3.13. The third-order valence-electron chi connectivity index (χ3n) is 4.42. The van der Waals surface area contributed by atoms with Gasteiger partial charge in [0.05, 0.1) is 11.7 Å².